The van der Waals surface area contributed by atoms with Crippen molar-refractivity contribution in [2.45, 2.75) is 6.92 Å². The summed E-state index contributed by atoms with van der Waals surface area (Å²) in [6.45, 7) is 5.00. The van der Waals surface area contributed by atoms with Crippen LogP contribution in [0, 0.1) is 6.92 Å². The summed E-state index contributed by atoms with van der Waals surface area (Å²) in [7, 11) is 0. The molecule has 0 nitrogen and oxygen atoms in total. The van der Waals surface area contributed by atoms with Gasteiger partial charge in [-0.1, -0.05) is 0 Å². The molecule has 0 radical (unpaired) electrons. The van der Waals surface area contributed by atoms with Gasteiger partial charge < -0.3 is 6.92 Å². The summed E-state index contributed by atoms with van der Waals surface area (Å²) in [6, 6.07) is 0. The molecule has 0 atom stereocenters. The van der Waals surface area contributed by atoms with Crippen LogP contribution in [0.2, 0.25) is 0 Å². The second-order valence-corrected chi connectivity index (χ2v) is 0. The van der Waals surface area contributed by atoms with Gasteiger partial charge in [-0.2, -0.15) is 6.92 Å². The van der Waals surface area contributed by atoms with Gasteiger partial charge in [0.1, 0.15) is 0 Å². The summed E-state index contributed by atoms with van der Waals surface area (Å²) in [4.78, 5) is 0. The maximum absolute atomic E-state index is 3.25. The minimum Gasteiger partial charge on any atom is -0.346 e. The summed E-state index contributed by atoms with van der Waals surface area (Å²) < 4.78 is 0. The van der Waals surface area contributed by atoms with Crippen molar-refractivity contribution in [2.24, 2.45) is 0 Å². The predicted octanol–water partition coefficient (Wildman–Crippen LogP) is 1.42. The molecule has 0 aliphatic rings. The quantitative estimate of drug-likeness (QED) is 0.386. The molecule has 0 rings (SSSR count). The molecule has 0 saturated carbocycles. The molecule has 0 spiro atoms. The predicted molar refractivity (Wildman–Crippen MR) is 21.4 cm³/mol. The topological polar surface area (TPSA) is 0 Å². The van der Waals surface area contributed by atoms with Gasteiger partial charge in [0.05, 0.1) is 0 Å². The monoisotopic (exact) mass is 173 g/mol. The van der Waals surface area contributed by atoms with Gasteiger partial charge in [0, 0.05) is 19.5 Å². The summed E-state index contributed by atoms with van der Waals surface area (Å²) >= 11 is 0. The zero-order valence-corrected chi connectivity index (χ0v) is 7.50. The zero-order chi connectivity index (χ0) is 2.00. The smallest absolute Gasteiger partial charge is 0 e. The molecule has 0 aromatic heterocycles. The van der Waals surface area contributed by atoms with E-state index in [4.69, 9.17) is 0 Å². The first-order chi connectivity index (χ1) is 1.00. The normalized spacial score (nSPS) is 1.50. The summed E-state index contributed by atoms with van der Waals surface area (Å²) in [6.07, 6.45) is 0. The summed E-state index contributed by atoms with van der Waals surface area (Å²) in [5.41, 5.74) is 0. The van der Waals surface area contributed by atoms with Crippen molar-refractivity contribution in [1.29, 1.82) is 0 Å². The number of rotatable bonds is 0. The van der Waals surface area contributed by atoms with E-state index in [1.807, 2.05) is 0 Å². The van der Waals surface area contributed by atoms with Crippen LogP contribution in [0.15, 0.2) is 0 Å². The van der Waals surface area contributed by atoms with E-state index < -0.39 is 0 Å². The molecule has 24 valence electrons. The van der Waals surface area contributed by atoms with Crippen LogP contribution < -0.4 is 0 Å². The van der Waals surface area contributed by atoms with Gasteiger partial charge in [-0.05, 0) is 0 Å². The van der Waals surface area contributed by atoms with Gasteiger partial charge >= 0.3 is 0 Å². The average Bonchev–Trinajstić information content (AvgIpc) is 1.00. The summed E-state index contributed by atoms with van der Waals surface area (Å²) in [5, 5.41) is 0. The molecular formula is C2H6BrZn-. The van der Waals surface area contributed by atoms with Crippen LogP contribution in [0.4, 0.5) is 0 Å². The minimum absolute atomic E-state index is 0. The Balaban J connectivity index is -0.00000000500. The molecule has 0 aliphatic heterocycles. The van der Waals surface area contributed by atoms with E-state index in [1.54, 1.807) is 6.92 Å². The molecule has 0 unspecified atom stereocenters. The molecule has 0 N–H and O–H groups in total. The van der Waals surface area contributed by atoms with E-state index in [0.717, 1.165) is 0 Å². The Bertz CT molecular complexity index is 6.00. The Morgan fingerprint density at radius 3 is 1.25 bits per heavy atom. The first kappa shape index (κ1) is 19.4. The fourth-order valence-corrected chi connectivity index (χ4v) is 0. The largest absolute Gasteiger partial charge is 0.346 e. The van der Waals surface area contributed by atoms with Crippen molar-refractivity contribution < 1.29 is 19.5 Å². The van der Waals surface area contributed by atoms with Crippen LogP contribution in [0.1, 0.15) is 6.92 Å². The molecule has 0 bridgehead atoms. The Morgan fingerprint density at radius 1 is 1.25 bits per heavy atom. The van der Waals surface area contributed by atoms with Gasteiger partial charge in [-0.25, -0.2) is 0 Å². The second kappa shape index (κ2) is 32.5. The molecule has 0 heterocycles. The number of hydrogen-bond acceptors (Lipinski definition) is 0. The van der Waals surface area contributed by atoms with E-state index >= 15 is 0 Å². The Kier molecular flexibility index (Phi) is 158. The van der Waals surface area contributed by atoms with Gasteiger partial charge in [-0.3, -0.25) is 0 Å². The molecule has 0 amide bonds. The fourth-order valence-electron chi connectivity index (χ4n) is 0. The molecule has 0 aromatic carbocycles. The van der Waals surface area contributed by atoms with Crippen molar-refractivity contribution in [1.82, 2.24) is 0 Å². The van der Waals surface area contributed by atoms with E-state index in [0.29, 0.717) is 0 Å². The van der Waals surface area contributed by atoms with Crippen LogP contribution >= 0.6 is 17.0 Å². The number of hydrogen-bond donors (Lipinski definition) is 0. The second-order valence-electron chi connectivity index (χ2n) is 0. The maximum atomic E-state index is 3.25. The first-order valence-electron chi connectivity index (χ1n) is 0.707. The fraction of sp³-hybridized carbons (Fsp3) is 0.500. The van der Waals surface area contributed by atoms with Crippen LogP contribution in [0.5, 0.6) is 0 Å². The molecule has 0 aliphatic carbocycles. The van der Waals surface area contributed by atoms with E-state index in [1.165, 1.54) is 0 Å². The maximum Gasteiger partial charge on any atom is 0 e. The third-order valence-electron chi connectivity index (χ3n) is 0. The van der Waals surface area contributed by atoms with E-state index in [9.17, 15) is 0 Å². The minimum atomic E-state index is 0. The van der Waals surface area contributed by atoms with Gasteiger partial charge in [0.25, 0.3) is 0 Å². The van der Waals surface area contributed by atoms with Crippen LogP contribution in [0.3, 0.4) is 0 Å². The standard InChI is InChI=1S/C2H5.BrH.Zn/c1-2;;/h1H2,2H3;1H;/q-1;;. The Morgan fingerprint density at radius 2 is 1.25 bits per heavy atom. The third kappa shape index (κ3) is 11.3. The Labute approximate surface area is 50.5 Å². The van der Waals surface area contributed by atoms with Crippen LogP contribution in [-0.4, -0.2) is 0 Å². The molecule has 2 heteroatoms. The van der Waals surface area contributed by atoms with Gasteiger partial charge in [0.15, 0.2) is 0 Å². The van der Waals surface area contributed by atoms with Crippen molar-refractivity contribution in [3.8, 4) is 0 Å². The van der Waals surface area contributed by atoms with Crippen molar-refractivity contribution in [3.05, 3.63) is 6.92 Å². The van der Waals surface area contributed by atoms with Gasteiger partial charge in [0.2, 0.25) is 0 Å². The van der Waals surface area contributed by atoms with Crippen LogP contribution in [0.25, 0.3) is 0 Å². The molecule has 4 heavy (non-hydrogen) atoms. The molecule has 0 aromatic rings. The van der Waals surface area contributed by atoms with E-state index in [-0.39, 0.29) is 36.5 Å². The molecular weight excluding hydrogens is 169 g/mol. The third-order valence-corrected chi connectivity index (χ3v) is 0. The van der Waals surface area contributed by atoms with Crippen molar-refractivity contribution >= 4 is 17.0 Å². The molecule has 0 saturated heterocycles. The SMILES string of the molecule is Br.[CH2-]C.[Zn]. The van der Waals surface area contributed by atoms with Gasteiger partial charge in [-0.15, -0.1) is 17.0 Å². The van der Waals surface area contributed by atoms with Crippen molar-refractivity contribution in [3.63, 3.8) is 0 Å². The molecule has 0 fully saturated rings. The van der Waals surface area contributed by atoms with Crippen LogP contribution in [-0.2, 0) is 19.5 Å². The summed E-state index contributed by atoms with van der Waals surface area (Å²) in [5.74, 6) is 0. The number of halogens is 1. The first-order valence-corrected chi connectivity index (χ1v) is 0.707. The Hall–Kier alpha value is 1.10. The zero-order valence-electron chi connectivity index (χ0n) is 2.82. The average molecular weight is 175 g/mol. The van der Waals surface area contributed by atoms with E-state index in [2.05, 4.69) is 6.92 Å². The van der Waals surface area contributed by atoms with Crippen molar-refractivity contribution in [2.75, 3.05) is 0 Å².